The number of allylic oxidation sites excluding steroid dienone is 1. The highest BCUT2D eigenvalue weighted by Gasteiger charge is 2.34. The van der Waals surface area contributed by atoms with E-state index in [1.165, 1.54) is 32.1 Å². The monoisotopic (exact) mass is 337 g/mol. The number of aliphatic hydroxyl groups excluding tert-OH is 1. The van der Waals surface area contributed by atoms with E-state index in [2.05, 4.69) is 11.4 Å². The van der Waals surface area contributed by atoms with E-state index in [1.807, 2.05) is 0 Å². The van der Waals surface area contributed by atoms with E-state index in [0.29, 0.717) is 30.2 Å². The van der Waals surface area contributed by atoms with Crippen molar-refractivity contribution in [3.05, 3.63) is 11.8 Å². The molecule has 3 rings (SSSR count). The molecule has 2 N–H and O–H groups in total. The highest BCUT2D eigenvalue weighted by molar-refractivity contribution is 5.92. The predicted octanol–water partition coefficient (Wildman–Crippen LogP) is 2.88. The predicted molar refractivity (Wildman–Crippen MR) is 91.1 cm³/mol. The minimum atomic E-state index is -0.333. The molecule has 1 aliphatic heterocycles. The number of nitrogens with one attached hydrogen (secondary N) is 1. The maximum absolute atomic E-state index is 12.4. The van der Waals surface area contributed by atoms with E-state index in [9.17, 15) is 4.79 Å². The Bertz CT molecular complexity index is 441. The van der Waals surface area contributed by atoms with Gasteiger partial charge in [0.05, 0.1) is 6.61 Å². The average Bonchev–Trinajstić information content (AvgIpc) is 3.43. The third-order valence-corrected chi connectivity index (χ3v) is 5.34. The van der Waals surface area contributed by atoms with Gasteiger partial charge in [0.25, 0.3) is 5.91 Å². The van der Waals surface area contributed by atoms with Crippen LogP contribution in [0.3, 0.4) is 0 Å². The zero-order valence-corrected chi connectivity index (χ0v) is 14.5. The molecule has 2 fully saturated rings. The van der Waals surface area contributed by atoms with E-state index in [0.717, 1.165) is 32.1 Å². The maximum atomic E-state index is 12.4. The topological polar surface area (TPSA) is 67.8 Å². The summed E-state index contributed by atoms with van der Waals surface area (Å²) in [7, 11) is 0. The first-order chi connectivity index (χ1) is 11.8. The fourth-order valence-electron chi connectivity index (χ4n) is 3.75. The molecule has 0 bridgehead atoms. The van der Waals surface area contributed by atoms with Crippen molar-refractivity contribution in [3.8, 4) is 0 Å². The zero-order valence-electron chi connectivity index (χ0n) is 14.5. The Morgan fingerprint density at radius 1 is 1.21 bits per heavy atom. The molecule has 5 heteroatoms. The first-order valence-corrected chi connectivity index (χ1v) is 9.68. The number of aliphatic hydroxyl groups is 1. The van der Waals surface area contributed by atoms with Crippen LogP contribution in [-0.4, -0.2) is 36.6 Å². The fourth-order valence-corrected chi connectivity index (χ4v) is 3.75. The van der Waals surface area contributed by atoms with Crippen LogP contribution in [0.25, 0.3) is 0 Å². The van der Waals surface area contributed by atoms with Gasteiger partial charge in [0.1, 0.15) is 0 Å². The molecule has 5 nitrogen and oxygen atoms in total. The molecule has 0 radical (unpaired) electrons. The smallest absolute Gasteiger partial charge is 0.286 e. The van der Waals surface area contributed by atoms with Crippen LogP contribution in [0.2, 0.25) is 0 Å². The Labute approximate surface area is 144 Å². The third-order valence-electron chi connectivity index (χ3n) is 5.34. The van der Waals surface area contributed by atoms with Crippen LogP contribution in [-0.2, 0) is 14.3 Å². The molecule has 0 saturated heterocycles. The molecule has 2 atom stereocenters. The van der Waals surface area contributed by atoms with Gasteiger partial charge in [0.15, 0.2) is 5.76 Å². The number of rotatable bonds is 8. The molecule has 2 aliphatic carbocycles. The van der Waals surface area contributed by atoms with Crippen molar-refractivity contribution >= 4 is 5.91 Å². The van der Waals surface area contributed by atoms with Crippen molar-refractivity contribution in [1.29, 1.82) is 0 Å². The number of hydrogen-bond donors (Lipinski definition) is 2. The highest BCUT2D eigenvalue weighted by atomic mass is 16.7. The lowest BCUT2D eigenvalue weighted by Gasteiger charge is -2.35. The Hall–Kier alpha value is -1.07. The summed E-state index contributed by atoms with van der Waals surface area (Å²) < 4.78 is 11.7. The summed E-state index contributed by atoms with van der Waals surface area (Å²) in [6.45, 7) is 0.759. The Kier molecular flexibility index (Phi) is 6.55. The molecule has 0 aromatic carbocycles. The average molecular weight is 337 g/mol. The summed E-state index contributed by atoms with van der Waals surface area (Å²) in [5.41, 5.74) is 0. The van der Waals surface area contributed by atoms with Gasteiger partial charge < -0.3 is 19.9 Å². The summed E-state index contributed by atoms with van der Waals surface area (Å²) in [6.07, 6.45) is 12.7. The molecule has 2 saturated carbocycles. The van der Waals surface area contributed by atoms with Crippen molar-refractivity contribution < 1.29 is 19.4 Å². The van der Waals surface area contributed by atoms with Crippen LogP contribution in [0.15, 0.2) is 11.8 Å². The van der Waals surface area contributed by atoms with E-state index < -0.39 is 0 Å². The molecule has 0 unspecified atom stereocenters. The van der Waals surface area contributed by atoms with Crippen molar-refractivity contribution in [2.45, 2.75) is 76.5 Å². The standard InChI is InChI=1S/C19H31NO4/c21-10-4-5-11-23-18-13-15(14-6-2-1-3-7-14)12-17(24-18)19(22)20-16-8-9-16/h12,14-16,18,21H,1-11,13H2,(H,20,22)/t15-,18+/m0/s1. The second-order valence-corrected chi connectivity index (χ2v) is 7.43. The summed E-state index contributed by atoms with van der Waals surface area (Å²) in [5.74, 6) is 1.40. The van der Waals surface area contributed by atoms with Gasteiger partial charge in [-0.2, -0.15) is 0 Å². The molecule has 24 heavy (non-hydrogen) atoms. The number of amides is 1. The van der Waals surface area contributed by atoms with Crippen LogP contribution in [0.5, 0.6) is 0 Å². The number of unbranched alkanes of at least 4 members (excludes halogenated alkanes) is 1. The number of carbonyl (C=O) groups is 1. The van der Waals surface area contributed by atoms with E-state index in [-0.39, 0.29) is 18.8 Å². The minimum Gasteiger partial charge on any atom is -0.459 e. The molecule has 1 heterocycles. The zero-order chi connectivity index (χ0) is 16.8. The summed E-state index contributed by atoms with van der Waals surface area (Å²) in [4.78, 5) is 12.4. The second-order valence-electron chi connectivity index (χ2n) is 7.43. The first-order valence-electron chi connectivity index (χ1n) is 9.68. The van der Waals surface area contributed by atoms with E-state index in [1.54, 1.807) is 0 Å². The van der Waals surface area contributed by atoms with E-state index >= 15 is 0 Å². The van der Waals surface area contributed by atoms with Gasteiger partial charge in [0.2, 0.25) is 6.29 Å². The van der Waals surface area contributed by atoms with Gasteiger partial charge in [-0.3, -0.25) is 4.79 Å². The molecule has 0 aromatic rings. The second kappa shape index (κ2) is 8.86. The van der Waals surface area contributed by atoms with E-state index in [4.69, 9.17) is 14.6 Å². The summed E-state index contributed by atoms with van der Waals surface area (Å²) in [6, 6.07) is 0.334. The summed E-state index contributed by atoms with van der Waals surface area (Å²) >= 11 is 0. The Balaban J connectivity index is 1.60. The lowest BCUT2D eigenvalue weighted by Crippen LogP contribution is -2.36. The number of ether oxygens (including phenoxy) is 2. The van der Waals surface area contributed by atoms with Gasteiger partial charge >= 0.3 is 0 Å². The van der Waals surface area contributed by atoms with Gasteiger partial charge in [-0.05, 0) is 56.4 Å². The first kappa shape index (κ1) is 17.7. The maximum Gasteiger partial charge on any atom is 0.286 e. The molecule has 0 aromatic heterocycles. The van der Waals surface area contributed by atoms with Gasteiger partial charge in [-0.15, -0.1) is 0 Å². The van der Waals surface area contributed by atoms with Crippen LogP contribution in [0.1, 0.15) is 64.2 Å². The number of hydrogen-bond acceptors (Lipinski definition) is 4. The highest BCUT2D eigenvalue weighted by Crippen LogP contribution is 2.37. The largest absolute Gasteiger partial charge is 0.459 e. The SMILES string of the molecule is O=C(NC1CC1)C1=C[C@H](C2CCCCC2)C[C@H](OCCCCO)O1. The Morgan fingerprint density at radius 3 is 2.71 bits per heavy atom. The van der Waals surface area contributed by atoms with Crippen LogP contribution >= 0.6 is 0 Å². The molecule has 1 amide bonds. The van der Waals surface area contributed by atoms with Crippen LogP contribution < -0.4 is 5.32 Å². The van der Waals surface area contributed by atoms with Crippen molar-refractivity contribution in [1.82, 2.24) is 5.32 Å². The quantitative estimate of drug-likeness (QED) is 0.668. The normalized spacial score (nSPS) is 28.1. The van der Waals surface area contributed by atoms with Crippen LogP contribution in [0, 0.1) is 11.8 Å². The van der Waals surface area contributed by atoms with Crippen LogP contribution in [0.4, 0.5) is 0 Å². The van der Waals surface area contributed by atoms with Gasteiger partial charge in [-0.1, -0.05) is 19.3 Å². The number of carbonyl (C=O) groups excluding carboxylic acids is 1. The van der Waals surface area contributed by atoms with Crippen molar-refractivity contribution in [2.24, 2.45) is 11.8 Å². The van der Waals surface area contributed by atoms with Gasteiger partial charge in [-0.25, -0.2) is 0 Å². The lowest BCUT2D eigenvalue weighted by molar-refractivity contribution is -0.151. The molecular weight excluding hydrogens is 306 g/mol. The molecule has 136 valence electrons. The molecule has 3 aliphatic rings. The Morgan fingerprint density at radius 2 is 2.00 bits per heavy atom. The van der Waals surface area contributed by atoms with Crippen molar-refractivity contribution in [2.75, 3.05) is 13.2 Å². The third kappa shape index (κ3) is 5.21. The van der Waals surface area contributed by atoms with Crippen molar-refractivity contribution in [3.63, 3.8) is 0 Å². The fraction of sp³-hybridized carbons (Fsp3) is 0.842. The summed E-state index contributed by atoms with van der Waals surface area (Å²) in [5, 5.41) is 11.9. The lowest BCUT2D eigenvalue weighted by atomic mass is 9.77. The molecular formula is C19H31NO4. The van der Waals surface area contributed by atoms with Gasteiger partial charge in [0, 0.05) is 19.1 Å². The molecule has 0 spiro atoms. The minimum absolute atomic E-state index is 0.0815.